The van der Waals surface area contributed by atoms with E-state index in [1.165, 1.54) is 51.7 Å². The van der Waals surface area contributed by atoms with Crippen LogP contribution in [0.5, 0.6) is 0 Å². The summed E-state index contributed by atoms with van der Waals surface area (Å²) in [6.45, 7) is 12.1. The van der Waals surface area contributed by atoms with E-state index >= 15 is 0 Å². The molecule has 2 fully saturated rings. The van der Waals surface area contributed by atoms with E-state index in [0.29, 0.717) is 0 Å². The highest BCUT2D eigenvalue weighted by Gasteiger charge is 2.30. The lowest BCUT2D eigenvalue weighted by Crippen LogP contribution is -2.44. The number of hydrogen-bond acceptors (Lipinski definition) is 2. The van der Waals surface area contributed by atoms with Gasteiger partial charge in [0.15, 0.2) is 0 Å². The molecular weight excluding hydrogens is 220 g/mol. The first-order valence-corrected chi connectivity index (χ1v) is 8.16. The number of likely N-dealkylation sites (tertiary alicyclic amines) is 1. The molecule has 1 saturated heterocycles. The van der Waals surface area contributed by atoms with Gasteiger partial charge in [-0.1, -0.05) is 33.6 Å². The van der Waals surface area contributed by atoms with Crippen LogP contribution in [0.25, 0.3) is 0 Å². The Morgan fingerprint density at radius 3 is 2.39 bits per heavy atom. The summed E-state index contributed by atoms with van der Waals surface area (Å²) in [5.41, 5.74) is 0. The highest BCUT2D eigenvalue weighted by atomic mass is 15.2. The van der Waals surface area contributed by atoms with Crippen molar-refractivity contribution in [2.45, 2.75) is 58.9 Å². The zero-order valence-electron chi connectivity index (χ0n) is 12.6. The van der Waals surface area contributed by atoms with E-state index in [4.69, 9.17) is 0 Å². The summed E-state index contributed by atoms with van der Waals surface area (Å²) in [5.74, 6) is 2.75. The number of likely N-dealkylation sites (N-methyl/N-ethyl adjacent to an activating group) is 1. The molecule has 0 aromatic carbocycles. The maximum atomic E-state index is 3.75. The topological polar surface area (TPSA) is 15.3 Å². The normalized spacial score (nSPS) is 28.3. The first kappa shape index (κ1) is 14.3. The van der Waals surface area contributed by atoms with Crippen molar-refractivity contribution in [3.05, 3.63) is 0 Å². The third kappa shape index (κ3) is 3.71. The highest BCUT2D eigenvalue weighted by Crippen LogP contribution is 2.30. The molecule has 1 N–H and O–H groups in total. The van der Waals surface area contributed by atoms with Crippen molar-refractivity contribution in [2.75, 3.05) is 26.2 Å². The molecule has 0 radical (unpaired) electrons. The monoisotopic (exact) mass is 252 g/mol. The van der Waals surface area contributed by atoms with Gasteiger partial charge in [-0.3, -0.25) is 0 Å². The van der Waals surface area contributed by atoms with Gasteiger partial charge in [0.2, 0.25) is 0 Å². The summed E-state index contributed by atoms with van der Waals surface area (Å²) in [5, 5.41) is 3.75. The van der Waals surface area contributed by atoms with Crippen LogP contribution in [0.3, 0.4) is 0 Å². The standard InChI is InChI=1S/C16H32N2/c1-4-17-16(14-7-5-6-8-14)12-18-10-9-15(11-18)13(2)3/h13-17H,4-12H2,1-3H3. The number of nitrogens with zero attached hydrogens (tertiary/aromatic N) is 1. The summed E-state index contributed by atoms with van der Waals surface area (Å²) in [7, 11) is 0. The average molecular weight is 252 g/mol. The molecule has 0 amide bonds. The largest absolute Gasteiger partial charge is 0.313 e. The Labute approximate surface area is 114 Å². The molecule has 1 aliphatic carbocycles. The summed E-state index contributed by atoms with van der Waals surface area (Å²) in [4.78, 5) is 2.72. The third-order valence-electron chi connectivity index (χ3n) is 5.14. The molecule has 0 bridgehead atoms. The predicted molar refractivity (Wildman–Crippen MR) is 78.8 cm³/mol. The fourth-order valence-corrected chi connectivity index (χ4v) is 3.85. The second kappa shape index (κ2) is 6.91. The summed E-state index contributed by atoms with van der Waals surface area (Å²) >= 11 is 0. The van der Waals surface area contributed by atoms with E-state index in [1.807, 2.05) is 0 Å². The van der Waals surface area contributed by atoms with Gasteiger partial charge in [0.25, 0.3) is 0 Å². The van der Waals surface area contributed by atoms with Crippen molar-refractivity contribution in [2.24, 2.45) is 17.8 Å². The zero-order chi connectivity index (χ0) is 13.0. The van der Waals surface area contributed by atoms with Crippen molar-refractivity contribution >= 4 is 0 Å². The Balaban J connectivity index is 1.81. The minimum Gasteiger partial charge on any atom is -0.313 e. The molecule has 2 aliphatic rings. The van der Waals surface area contributed by atoms with Crippen LogP contribution in [0.4, 0.5) is 0 Å². The van der Waals surface area contributed by atoms with Crippen molar-refractivity contribution in [1.82, 2.24) is 10.2 Å². The zero-order valence-corrected chi connectivity index (χ0v) is 12.6. The minimum absolute atomic E-state index is 0.753. The second-order valence-electron chi connectivity index (χ2n) is 6.76. The summed E-state index contributed by atoms with van der Waals surface area (Å²) in [6.07, 6.45) is 7.25. The van der Waals surface area contributed by atoms with E-state index in [1.54, 1.807) is 0 Å². The summed E-state index contributed by atoms with van der Waals surface area (Å²) < 4.78 is 0. The fraction of sp³-hybridized carbons (Fsp3) is 1.00. The molecule has 1 heterocycles. The van der Waals surface area contributed by atoms with Gasteiger partial charge < -0.3 is 10.2 Å². The Morgan fingerprint density at radius 2 is 1.83 bits per heavy atom. The second-order valence-corrected chi connectivity index (χ2v) is 6.76. The first-order chi connectivity index (χ1) is 8.70. The lowest BCUT2D eigenvalue weighted by Gasteiger charge is -2.29. The molecule has 2 unspecified atom stereocenters. The van der Waals surface area contributed by atoms with E-state index < -0.39 is 0 Å². The van der Waals surface area contributed by atoms with Gasteiger partial charge >= 0.3 is 0 Å². The van der Waals surface area contributed by atoms with Gasteiger partial charge in [0.1, 0.15) is 0 Å². The van der Waals surface area contributed by atoms with Gasteiger partial charge in [0, 0.05) is 19.1 Å². The van der Waals surface area contributed by atoms with Crippen molar-refractivity contribution in [3.8, 4) is 0 Å². The van der Waals surface area contributed by atoms with Crippen LogP contribution in [0.2, 0.25) is 0 Å². The van der Waals surface area contributed by atoms with Crippen LogP contribution in [0.15, 0.2) is 0 Å². The molecule has 18 heavy (non-hydrogen) atoms. The van der Waals surface area contributed by atoms with Crippen LogP contribution in [-0.4, -0.2) is 37.1 Å². The molecule has 1 saturated carbocycles. The lowest BCUT2D eigenvalue weighted by atomic mass is 9.95. The average Bonchev–Trinajstić information content (AvgIpc) is 2.99. The molecule has 1 aliphatic heterocycles. The van der Waals surface area contributed by atoms with Crippen molar-refractivity contribution < 1.29 is 0 Å². The van der Waals surface area contributed by atoms with Gasteiger partial charge in [-0.15, -0.1) is 0 Å². The van der Waals surface area contributed by atoms with E-state index in [0.717, 1.165) is 30.3 Å². The molecule has 2 rings (SSSR count). The fourth-order valence-electron chi connectivity index (χ4n) is 3.85. The molecule has 2 atom stereocenters. The molecular formula is C16H32N2. The molecule has 0 aromatic heterocycles. The maximum absolute atomic E-state index is 3.75. The van der Waals surface area contributed by atoms with E-state index in [2.05, 4.69) is 31.0 Å². The SMILES string of the molecule is CCNC(CN1CCC(C(C)C)C1)C1CCCC1. The lowest BCUT2D eigenvalue weighted by molar-refractivity contribution is 0.231. The Morgan fingerprint density at radius 1 is 1.11 bits per heavy atom. The van der Waals surface area contributed by atoms with Gasteiger partial charge in [-0.05, 0) is 50.1 Å². The number of nitrogens with one attached hydrogen (secondary N) is 1. The van der Waals surface area contributed by atoms with Gasteiger partial charge in [-0.25, -0.2) is 0 Å². The quantitative estimate of drug-likeness (QED) is 0.781. The van der Waals surface area contributed by atoms with Gasteiger partial charge in [-0.2, -0.15) is 0 Å². The van der Waals surface area contributed by atoms with Crippen LogP contribution < -0.4 is 5.32 Å². The van der Waals surface area contributed by atoms with Crippen LogP contribution >= 0.6 is 0 Å². The van der Waals surface area contributed by atoms with Crippen LogP contribution in [0, 0.1) is 17.8 Å². The van der Waals surface area contributed by atoms with Crippen LogP contribution in [-0.2, 0) is 0 Å². The van der Waals surface area contributed by atoms with Crippen LogP contribution in [0.1, 0.15) is 52.9 Å². The van der Waals surface area contributed by atoms with Crippen molar-refractivity contribution in [3.63, 3.8) is 0 Å². The molecule has 2 nitrogen and oxygen atoms in total. The highest BCUT2D eigenvalue weighted by molar-refractivity contribution is 4.86. The van der Waals surface area contributed by atoms with E-state index in [-0.39, 0.29) is 0 Å². The van der Waals surface area contributed by atoms with Gasteiger partial charge in [0.05, 0.1) is 0 Å². The first-order valence-electron chi connectivity index (χ1n) is 8.16. The number of rotatable bonds is 6. The summed E-state index contributed by atoms with van der Waals surface area (Å²) in [6, 6.07) is 0.753. The molecule has 2 heteroatoms. The molecule has 106 valence electrons. The third-order valence-corrected chi connectivity index (χ3v) is 5.14. The smallest absolute Gasteiger partial charge is 0.0223 e. The predicted octanol–water partition coefficient (Wildman–Crippen LogP) is 3.13. The number of hydrogen-bond donors (Lipinski definition) is 1. The Hall–Kier alpha value is -0.0800. The van der Waals surface area contributed by atoms with Crippen molar-refractivity contribution in [1.29, 1.82) is 0 Å². The van der Waals surface area contributed by atoms with E-state index in [9.17, 15) is 0 Å². The molecule has 0 aromatic rings. The minimum atomic E-state index is 0.753. The Bertz CT molecular complexity index is 233. The maximum Gasteiger partial charge on any atom is 0.0223 e. The molecule has 0 spiro atoms. The Kier molecular flexibility index (Phi) is 5.50.